The fourth-order valence-electron chi connectivity index (χ4n) is 4.10. The molecule has 0 amide bonds. The first kappa shape index (κ1) is 19.7. The van der Waals surface area contributed by atoms with Gasteiger partial charge in [0.15, 0.2) is 5.76 Å². The summed E-state index contributed by atoms with van der Waals surface area (Å²) in [5.41, 5.74) is 5.22. The molecule has 154 valence electrons. The summed E-state index contributed by atoms with van der Waals surface area (Å²) in [4.78, 5) is 17.2. The van der Waals surface area contributed by atoms with Gasteiger partial charge in [-0.05, 0) is 41.2 Å². The van der Waals surface area contributed by atoms with Crippen LogP contribution in [0.1, 0.15) is 30.0 Å². The normalized spacial score (nSPS) is 20.8. The van der Waals surface area contributed by atoms with E-state index in [0.717, 1.165) is 28.3 Å². The summed E-state index contributed by atoms with van der Waals surface area (Å²) in [7, 11) is 0. The van der Waals surface area contributed by atoms with E-state index in [1.54, 1.807) is 0 Å². The van der Waals surface area contributed by atoms with Crippen LogP contribution in [0.15, 0.2) is 47.3 Å². The van der Waals surface area contributed by atoms with Gasteiger partial charge in [-0.1, -0.05) is 31.2 Å². The summed E-state index contributed by atoms with van der Waals surface area (Å²) in [6, 6.07) is 5.65. The fourth-order valence-corrected chi connectivity index (χ4v) is 4.10. The van der Waals surface area contributed by atoms with Crippen molar-refractivity contribution in [3.8, 4) is 0 Å². The van der Waals surface area contributed by atoms with Crippen LogP contribution in [0.2, 0.25) is 0 Å². The third kappa shape index (κ3) is 3.26. The molecule has 0 aromatic heterocycles. The van der Waals surface area contributed by atoms with Gasteiger partial charge in [0.25, 0.3) is 0 Å². The minimum absolute atomic E-state index is 0.129. The first-order valence-electron chi connectivity index (χ1n) is 9.45. The fraction of sp³-hybridized carbons (Fsp3) is 0.381. The summed E-state index contributed by atoms with van der Waals surface area (Å²) >= 11 is 0. The Kier molecular flexibility index (Phi) is 4.78. The molecule has 2 heterocycles. The van der Waals surface area contributed by atoms with Crippen LogP contribution in [0.4, 0.5) is 13.2 Å². The highest BCUT2D eigenvalue weighted by molar-refractivity contribution is 5.85. The van der Waals surface area contributed by atoms with Gasteiger partial charge in [0.1, 0.15) is 5.41 Å². The van der Waals surface area contributed by atoms with Crippen LogP contribution in [0, 0.1) is 0 Å². The van der Waals surface area contributed by atoms with Crippen molar-refractivity contribution in [1.29, 1.82) is 0 Å². The SMILES string of the molecule is CCc1cc(C2=C3CC=C(C(F)(F)F)C=C3ONC2)ccc1C1(C(=O)O)CNC1. The van der Waals surface area contributed by atoms with Crippen molar-refractivity contribution < 1.29 is 27.9 Å². The summed E-state index contributed by atoms with van der Waals surface area (Å²) in [5, 5.41) is 12.8. The average molecular weight is 406 g/mol. The third-order valence-electron chi connectivity index (χ3n) is 5.85. The average Bonchev–Trinajstić information content (AvgIpc) is 2.65. The van der Waals surface area contributed by atoms with Crippen LogP contribution in [-0.4, -0.2) is 36.9 Å². The molecule has 0 atom stereocenters. The number of carboxylic acid groups (broad SMARTS) is 1. The molecular formula is C21H21F3N2O3. The van der Waals surface area contributed by atoms with Gasteiger partial charge < -0.3 is 15.3 Å². The Morgan fingerprint density at radius 1 is 1.28 bits per heavy atom. The predicted molar refractivity (Wildman–Crippen MR) is 101 cm³/mol. The lowest BCUT2D eigenvalue weighted by molar-refractivity contribution is -0.146. The van der Waals surface area contributed by atoms with Gasteiger partial charge in [-0.3, -0.25) is 4.79 Å². The lowest BCUT2D eigenvalue weighted by Gasteiger charge is -2.40. The summed E-state index contributed by atoms with van der Waals surface area (Å²) in [6.07, 6.45) is -1.45. The van der Waals surface area contributed by atoms with Crippen molar-refractivity contribution in [2.45, 2.75) is 31.4 Å². The van der Waals surface area contributed by atoms with Crippen LogP contribution in [0.3, 0.4) is 0 Å². The highest BCUT2D eigenvalue weighted by Crippen LogP contribution is 2.39. The van der Waals surface area contributed by atoms with Crippen LogP contribution in [0.5, 0.6) is 0 Å². The standard InChI is InChI=1S/C21H21F3N2O3/c1-2-12-7-13(3-6-17(12)20(19(27)28)10-25-11-20)16-9-26-29-18-8-14(21(22,23)24)4-5-15(16)18/h3-4,6-8,25-26H,2,5,9-11H2,1H3,(H,27,28). The number of carboxylic acids is 1. The zero-order valence-electron chi connectivity index (χ0n) is 15.8. The van der Waals surface area contributed by atoms with Gasteiger partial charge in [0.2, 0.25) is 0 Å². The van der Waals surface area contributed by atoms with Gasteiger partial charge in [0.05, 0.1) is 12.1 Å². The summed E-state index contributed by atoms with van der Waals surface area (Å²) in [6.45, 7) is 3.09. The summed E-state index contributed by atoms with van der Waals surface area (Å²) < 4.78 is 39.1. The first-order valence-corrected chi connectivity index (χ1v) is 9.45. The molecule has 3 N–H and O–H groups in total. The van der Waals surface area contributed by atoms with E-state index < -0.39 is 23.1 Å². The number of alkyl halides is 3. The van der Waals surface area contributed by atoms with E-state index in [2.05, 4.69) is 10.8 Å². The minimum Gasteiger partial charge on any atom is -0.481 e. The van der Waals surface area contributed by atoms with E-state index in [0.29, 0.717) is 31.6 Å². The van der Waals surface area contributed by atoms with E-state index in [1.165, 1.54) is 6.08 Å². The zero-order valence-corrected chi connectivity index (χ0v) is 15.8. The molecule has 1 fully saturated rings. The van der Waals surface area contributed by atoms with Gasteiger partial charge in [-0.15, -0.1) is 0 Å². The van der Waals surface area contributed by atoms with Gasteiger partial charge in [0, 0.05) is 18.7 Å². The lowest BCUT2D eigenvalue weighted by Crippen LogP contribution is -2.61. The summed E-state index contributed by atoms with van der Waals surface area (Å²) in [5.74, 6) is -0.677. The van der Waals surface area contributed by atoms with Gasteiger partial charge in [-0.2, -0.15) is 18.7 Å². The molecule has 3 aliphatic rings. The topological polar surface area (TPSA) is 70.6 Å². The number of allylic oxidation sites excluding steroid dienone is 4. The van der Waals surface area contributed by atoms with E-state index in [-0.39, 0.29) is 12.2 Å². The second-order valence-corrected chi connectivity index (χ2v) is 7.47. The maximum absolute atomic E-state index is 13.0. The number of aryl methyl sites for hydroxylation is 1. The van der Waals surface area contributed by atoms with Crippen LogP contribution in [0.25, 0.3) is 5.57 Å². The highest BCUT2D eigenvalue weighted by atomic mass is 19.4. The second-order valence-electron chi connectivity index (χ2n) is 7.47. The number of benzene rings is 1. The number of rotatable bonds is 4. The van der Waals surface area contributed by atoms with E-state index >= 15 is 0 Å². The Balaban J connectivity index is 1.74. The Hall–Kier alpha value is -2.58. The number of hydroxylamine groups is 1. The van der Waals surface area contributed by atoms with Crippen molar-refractivity contribution in [2.75, 3.05) is 19.6 Å². The second kappa shape index (κ2) is 7.03. The molecule has 8 heteroatoms. The molecule has 0 saturated carbocycles. The molecule has 1 aromatic rings. The predicted octanol–water partition coefficient (Wildman–Crippen LogP) is 3.24. The quantitative estimate of drug-likeness (QED) is 0.716. The Morgan fingerprint density at radius 3 is 2.62 bits per heavy atom. The Bertz CT molecular complexity index is 956. The van der Waals surface area contributed by atoms with Crippen molar-refractivity contribution >= 4 is 11.5 Å². The molecule has 5 nitrogen and oxygen atoms in total. The number of fused-ring (bicyclic) bond motifs is 1. The molecule has 2 aliphatic heterocycles. The van der Waals surface area contributed by atoms with Crippen LogP contribution < -0.4 is 10.8 Å². The minimum atomic E-state index is -4.42. The van der Waals surface area contributed by atoms with Gasteiger partial charge in [-0.25, -0.2) is 0 Å². The first-order chi connectivity index (χ1) is 13.8. The molecule has 0 radical (unpaired) electrons. The van der Waals surface area contributed by atoms with Crippen LogP contribution >= 0.6 is 0 Å². The molecule has 0 unspecified atom stereocenters. The molecule has 0 spiro atoms. The maximum atomic E-state index is 13.0. The molecule has 0 bridgehead atoms. The van der Waals surface area contributed by atoms with Crippen molar-refractivity contribution in [2.24, 2.45) is 0 Å². The number of aliphatic carboxylic acids is 1. The lowest BCUT2D eigenvalue weighted by atomic mass is 9.72. The maximum Gasteiger partial charge on any atom is 0.416 e. The molecule has 1 aromatic carbocycles. The number of carbonyl (C=O) groups is 1. The Morgan fingerprint density at radius 2 is 2.03 bits per heavy atom. The highest BCUT2D eigenvalue weighted by Gasteiger charge is 2.47. The molecule has 1 saturated heterocycles. The van der Waals surface area contributed by atoms with E-state index in [4.69, 9.17) is 4.84 Å². The number of halogens is 3. The molecule has 1 aliphatic carbocycles. The van der Waals surface area contributed by atoms with Crippen molar-refractivity contribution in [3.05, 3.63) is 63.9 Å². The number of nitrogens with one attached hydrogen (secondary N) is 2. The van der Waals surface area contributed by atoms with Gasteiger partial charge >= 0.3 is 12.1 Å². The molecular weight excluding hydrogens is 385 g/mol. The third-order valence-corrected chi connectivity index (χ3v) is 5.85. The van der Waals surface area contributed by atoms with Crippen molar-refractivity contribution in [3.63, 3.8) is 0 Å². The molecule has 29 heavy (non-hydrogen) atoms. The van der Waals surface area contributed by atoms with Crippen molar-refractivity contribution in [1.82, 2.24) is 10.8 Å². The van der Waals surface area contributed by atoms with E-state index in [1.807, 2.05) is 25.1 Å². The monoisotopic (exact) mass is 406 g/mol. The van der Waals surface area contributed by atoms with Crippen LogP contribution in [-0.2, 0) is 21.5 Å². The zero-order chi connectivity index (χ0) is 20.8. The molecule has 4 rings (SSSR count). The largest absolute Gasteiger partial charge is 0.481 e. The number of hydrogen-bond acceptors (Lipinski definition) is 4. The number of hydrogen-bond donors (Lipinski definition) is 3. The Labute approximate surface area is 165 Å². The van der Waals surface area contributed by atoms with E-state index in [9.17, 15) is 23.1 Å². The smallest absolute Gasteiger partial charge is 0.416 e.